The minimum absolute atomic E-state index is 0.0379. The summed E-state index contributed by atoms with van der Waals surface area (Å²) >= 11 is 0. The number of ether oxygens (including phenoxy) is 1. The van der Waals surface area contributed by atoms with Gasteiger partial charge >= 0.3 is 0 Å². The zero-order valence-corrected chi connectivity index (χ0v) is 17.7. The number of carbonyl (C=O) groups is 1. The van der Waals surface area contributed by atoms with Crippen LogP contribution in [0.1, 0.15) is 34.5 Å². The monoisotopic (exact) mass is 410 g/mol. The molecule has 0 aromatic carbocycles. The van der Waals surface area contributed by atoms with Crippen molar-refractivity contribution >= 4 is 17.5 Å². The minimum atomic E-state index is -0.278. The van der Waals surface area contributed by atoms with Crippen LogP contribution in [0.4, 0.5) is 11.6 Å². The third kappa shape index (κ3) is 4.20. The van der Waals surface area contributed by atoms with Crippen LogP contribution in [0.3, 0.4) is 0 Å². The van der Waals surface area contributed by atoms with Crippen molar-refractivity contribution < 1.29 is 14.1 Å². The molecule has 30 heavy (non-hydrogen) atoms. The van der Waals surface area contributed by atoms with Crippen LogP contribution < -0.4 is 5.32 Å². The SMILES string of the molecule is Cc1noc(C)c1CC(=O)N1CCO[C@H](c2cccc(Nc3cc(C)n(C)n3)n2)C1. The lowest BCUT2D eigenvalue weighted by Crippen LogP contribution is -2.43. The number of hydrogen-bond acceptors (Lipinski definition) is 7. The zero-order valence-electron chi connectivity index (χ0n) is 17.7. The van der Waals surface area contributed by atoms with Crippen LogP contribution in [-0.4, -0.2) is 50.4 Å². The normalized spacial score (nSPS) is 16.7. The molecule has 3 aromatic rings. The molecule has 1 amide bonds. The summed E-state index contributed by atoms with van der Waals surface area (Å²) in [6.07, 6.45) is 0.00154. The minimum Gasteiger partial charge on any atom is -0.368 e. The summed E-state index contributed by atoms with van der Waals surface area (Å²) in [4.78, 5) is 19.4. The van der Waals surface area contributed by atoms with Gasteiger partial charge in [-0.1, -0.05) is 11.2 Å². The lowest BCUT2D eigenvalue weighted by atomic mass is 10.1. The quantitative estimate of drug-likeness (QED) is 0.690. The Morgan fingerprint density at radius 3 is 2.80 bits per heavy atom. The molecule has 1 atom stereocenters. The number of morpholine rings is 1. The van der Waals surface area contributed by atoms with Crippen molar-refractivity contribution in [1.29, 1.82) is 0 Å². The molecule has 1 aliphatic rings. The van der Waals surface area contributed by atoms with Crippen molar-refractivity contribution in [2.45, 2.75) is 33.3 Å². The standard InChI is InChI=1S/C21H26N6O3/c1-13-10-20(24-26(13)4)23-19-7-5-6-17(22-19)18-12-27(8-9-29-18)21(28)11-16-14(2)25-30-15(16)3/h5-7,10,18H,8-9,11-12H2,1-4H3,(H,22,23,24)/t18-/m0/s1. The van der Waals surface area contributed by atoms with E-state index >= 15 is 0 Å². The van der Waals surface area contributed by atoms with Crippen LogP contribution in [0.25, 0.3) is 0 Å². The van der Waals surface area contributed by atoms with Crippen LogP contribution in [0.15, 0.2) is 28.8 Å². The smallest absolute Gasteiger partial charge is 0.227 e. The molecule has 4 heterocycles. The first-order valence-corrected chi connectivity index (χ1v) is 9.96. The molecule has 9 heteroatoms. The van der Waals surface area contributed by atoms with Gasteiger partial charge in [0.1, 0.15) is 17.7 Å². The van der Waals surface area contributed by atoms with E-state index in [9.17, 15) is 4.79 Å². The van der Waals surface area contributed by atoms with Gasteiger partial charge in [0.2, 0.25) is 5.91 Å². The summed E-state index contributed by atoms with van der Waals surface area (Å²) in [5.41, 5.74) is 3.45. The van der Waals surface area contributed by atoms with Gasteiger partial charge < -0.3 is 19.5 Å². The van der Waals surface area contributed by atoms with Gasteiger partial charge in [-0.25, -0.2) is 4.98 Å². The molecule has 1 aliphatic heterocycles. The van der Waals surface area contributed by atoms with Crippen molar-refractivity contribution in [1.82, 2.24) is 24.8 Å². The van der Waals surface area contributed by atoms with Crippen molar-refractivity contribution in [3.8, 4) is 0 Å². The zero-order chi connectivity index (χ0) is 21.3. The Labute approximate surface area is 175 Å². The maximum absolute atomic E-state index is 12.8. The molecule has 0 radical (unpaired) electrons. The van der Waals surface area contributed by atoms with Gasteiger partial charge in [-0.2, -0.15) is 5.10 Å². The fraction of sp³-hybridized carbons (Fsp3) is 0.429. The van der Waals surface area contributed by atoms with E-state index < -0.39 is 0 Å². The van der Waals surface area contributed by atoms with Gasteiger partial charge in [0.05, 0.1) is 31.0 Å². The lowest BCUT2D eigenvalue weighted by molar-refractivity contribution is -0.138. The van der Waals surface area contributed by atoms with Crippen LogP contribution in [0.5, 0.6) is 0 Å². The first-order chi connectivity index (χ1) is 14.4. The summed E-state index contributed by atoms with van der Waals surface area (Å²) < 4.78 is 12.9. The number of aromatic nitrogens is 4. The van der Waals surface area contributed by atoms with E-state index in [-0.39, 0.29) is 18.4 Å². The molecule has 1 saturated heterocycles. The number of rotatable bonds is 5. The molecule has 1 N–H and O–H groups in total. The molecular weight excluding hydrogens is 384 g/mol. The van der Waals surface area contributed by atoms with Crippen LogP contribution in [-0.2, 0) is 23.0 Å². The molecule has 0 saturated carbocycles. The largest absolute Gasteiger partial charge is 0.368 e. The average Bonchev–Trinajstić information content (AvgIpc) is 3.23. The molecule has 0 spiro atoms. The maximum atomic E-state index is 12.8. The number of aryl methyl sites for hydroxylation is 4. The van der Waals surface area contributed by atoms with Gasteiger partial charge in [0.15, 0.2) is 5.82 Å². The first kappa shape index (κ1) is 20.1. The molecule has 0 aliphatic carbocycles. The number of nitrogens with zero attached hydrogens (tertiary/aromatic N) is 5. The Hall–Kier alpha value is -3.20. The number of amides is 1. The molecule has 4 rings (SSSR count). The van der Waals surface area contributed by atoms with E-state index in [2.05, 4.69) is 20.6 Å². The molecule has 0 bridgehead atoms. The summed E-state index contributed by atoms with van der Waals surface area (Å²) in [5, 5.41) is 11.6. The van der Waals surface area contributed by atoms with Crippen molar-refractivity contribution in [3.05, 3.63) is 52.7 Å². The Morgan fingerprint density at radius 1 is 1.27 bits per heavy atom. The topological polar surface area (TPSA) is 98.3 Å². The number of hydrogen-bond donors (Lipinski definition) is 1. The number of carbonyl (C=O) groups excluding carboxylic acids is 1. The first-order valence-electron chi connectivity index (χ1n) is 9.96. The highest BCUT2D eigenvalue weighted by molar-refractivity contribution is 5.79. The van der Waals surface area contributed by atoms with E-state index in [1.54, 1.807) is 4.68 Å². The second-order valence-electron chi connectivity index (χ2n) is 7.55. The molecule has 158 valence electrons. The van der Waals surface area contributed by atoms with Gasteiger partial charge in [0.25, 0.3) is 0 Å². The highest BCUT2D eigenvalue weighted by atomic mass is 16.5. The van der Waals surface area contributed by atoms with Crippen LogP contribution in [0, 0.1) is 20.8 Å². The summed E-state index contributed by atoms with van der Waals surface area (Å²) in [5.74, 6) is 2.15. The molecule has 3 aromatic heterocycles. The number of pyridine rings is 1. The summed E-state index contributed by atoms with van der Waals surface area (Å²) in [6, 6.07) is 7.69. The van der Waals surface area contributed by atoms with E-state index in [0.29, 0.717) is 31.3 Å². The summed E-state index contributed by atoms with van der Waals surface area (Å²) in [6.45, 7) is 7.16. The van der Waals surface area contributed by atoms with Crippen LogP contribution >= 0.6 is 0 Å². The van der Waals surface area contributed by atoms with Crippen molar-refractivity contribution in [2.75, 3.05) is 25.0 Å². The molecule has 0 unspecified atom stereocenters. The van der Waals surface area contributed by atoms with E-state index in [4.69, 9.17) is 9.26 Å². The Kier molecular flexibility index (Phi) is 5.54. The molecular formula is C21H26N6O3. The summed E-state index contributed by atoms with van der Waals surface area (Å²) in [7, 11) is 1.90. The van der Waals surface area contributed by atoms with Gasteiger partial charge in [-0.15, -0.1) is 0 Å². The van der Waals surface area contributed by atoms with E-state index in [0.717, 1.165) is 28.5 Å². The third-order valence-corrected chi connectivity index (χ3v) is 5.40. The Bertz CT molecular complexity index is 1020. The fourth-order valence-electron chi connectivity index (χ4n) is 3.53. The molecule has 1 fully saturated rings. The Balaban J connectivity index is 1.44. The average molecular weight is 410 g/mol. The van der Waals surface area contributed by atoms with Gasteiger partial charge in [-0.3, -0.25) is 9.48 Å². The number of anilines is 2. The predicted octanol–water partition coefficient (Wildman–Crippen LogP) is 2.61. The number of nitrogens with one attached hydrogen (secondary N) is 1. The maximum Gasteiger partial charge on any atom is 0.227 e. The predicted molar refractivity (Wildman–Crippen MR) is 110 cm³/mol. The highest BCUT2D eigenvalue weighted by Crippen LogP contribution is 2.24. The van der Waals surface area contributed by atoms with Crippen molar-refractivity contribution in [3.63, 3.8) is 0 Å². The fourth-order valence-corrected chi connectivity index (χ4v) is 3.53. The highest BCUT2D eigenvalue weighted by Gasteiger charge is 2.27. The second-order valence-corrected chi connectivity index (χ2v) is 7.55. The van der Waals surface area contributed by atoms with E-state index in [1.165, 1.54) is 0 Å². The lowest BCUT2D eigenvalue weighted by Gasteiger charge is -2.33. The molecule has 9 nitrogen and oxygen atoms in total. The van der Waals surface area contributed by atoms with Crippen molar-refractivity contribution in [2.24, 2.45) is 7.05 Å². The van der Waals surface area contributed by atoms with E-state index in [1.807, 2.05) is 57.0 Å². The second kappa shape index (κ2) is 8.27. The van der Waals surface area contributed by atoms with Crippen LogP contribution in [0.2, 0.25) is 0 Å². The van der Waals surface area contributed by atoms with Gasteiger partial charge in [-0.05, 0) is 32.9 Å². The third-order valence-electron chi connectivity index (χ3n) is 5.40. The Morgan fingerprint density at radius 2 is 2.10 bits per heavy atom. The van der Waals surface area contributed by atoms with Gasteiger partial charge in [0, 0.05) is 30.9 Å².